The molecule has 4 nitrogen and oxygen atoms in total. The number of carboxylic acid groups (broad SMARTS) is 1. The summed E-state index contributed by atoms with van der Waals surface area (Å²) < 4.78 is 52.3. The predicted octanol–water partition coefficient (Wildman–Crippen LogP) is 4.48. The number of carboxylic acids is 1. The van der Waals surface area contributed by atoms with Crippen molar-refractivity contribution in [3.8, 4) is 0 Å². The standard InChI is InChI=1S/C17H18ClF4NO3/c18-12-5-4-9(7-13(12)19)14(8-15(24)25)23-16(26)10-2-1-3-11(6-10)17(20,21)22/h4-5,7,10-11,14H,1-3,6,8H2,(H,23,26)(H,24,25). The Kier molecular flexibility index (Phi) is 6.49. The Morgan fingerprint density at radius 2 is 2.00 bits per heavy atom. The number of carbonyl (C=O) groups is 2. The Labute approximate surface area is 152 Å². The van der Waals surface area contributed by atoms with Gasteiger partial charge in [-0.25, -0.2) is 4.39 Å². The van der Waals surface area contributed by atoms with Crippen molar-refractivity contribution in [1.82, 2.24) is 5.32 Å². The van der Waals surface area contributed by atoms with Crippen molar-refractivity contribution in [2.24, 2.45) is 11.8 Å². The number of amides is 1. The summed E-state index contributed by atoms with van der Waals surface area (Å²) in [6.07, 6.45) is -4.67. The third kappa shape index (κ3) is 5.33. The lowest BCUT2D eigenvalue weighted by Gasteiger charge is -2.31. The zero-order valence-electron chi connectivity index (χ0n) is 13.7. The first kappa shape index (κ1) is 20.5. The van der Waals surface area contributed by atoms with E-state index < -0.39 is 48.2 Å². The highest BCUT2D eigenvalue weighted by Gasteiger charge is 2.43. The van der Waals surface area contributed by atoms with E-state index in [1.54, 1.807) is 0 Å². The molecule has 0 aliphatic heterocycles. The Balaban J connectivity index is 2.13. The monoisotopic (exact) mass is 395 g/mol. The van der Waals surface area contributed by atoms with Gasteiger partial charge in [-0.1, -0.05) is 24.1 Å². The second-order valence-electron chi connectivity index (χ2n) is 6.43. The number of hydrogen-bond donors (Lipinski definition) is 2. The van der Waals surface area contributed by atoms with E-state index in [1.165, 1.54) is 12.1 Å². The van der Waals surface area contributed by atoms with Crippen molar-refractivity contribution in [3.63, 3.8) is 0 Å². The molecule has 3 atom stereocenters. The van der Waals surface area contributed by atoms with E-state index in [9.17, 15) is 27.2 Å². The number of rotatable bonds is 5. The zero-order valence-corrected chi connectivity index (χ0v) is 14.4. The number of nitrogens with one attached hydrogen (secondary N) is 1. The maximum Gasteiger partial charge on any atom is 0.391 e. The molecule has 144 valence electrons. The topological polar surface area (TPSA) is 66.4 Å². The van der Waals surface area contributed by atoms with Crippen LogP contribution in [0, 0.1) is 17.7 Å². The van der Waals surface area contributed by atoms with Crippen LogP contribution in [-0.2, 0) is 9.59 Å². The summed E-state index contributed by atoms with van der Waals surface area (Å²) in [5, 5.41) is 11.3. The fraction of sp³-hybridized carbons (Fsp3) is 0.529. The van der Waals surface area contributed by atoms with Crippen LogP contribution >= 0.6 is 11.6 Å². The van der Waals surface area contributed by atoms with Crippen molar-refractivity contribution in [2.75, 3.05) is 0 Å². The van der Waals surface area contributed by atoms with Crippen LogP contribution in [0.4, 0.5) is 17.6 Å². The van der Waals surface area contributed by atoms with E-state index in [-0.39, 0.29) is 29.8 Å². The molecule has 0 aromatic heterocycles. The molecular weight excluding hydrogens is 378 g/mol. The summed E-state index contributed by atoms with van der Waals surface area (Å²) in [5.74, 6) is -5.06. The maximum absolute atomic E-state index is 13.6. The number of halogens is 5. The van der Waals surface area contributed by atoms with Crippen molar-refractivity contribution in [2.45, 2.75) is 44.3 Å². The van der Waals surface area contributed by atoms with Crippen LogP contribution in [0.3, 0.4) is 0 Å². The SMILES string of the molecule is O=C(O)CC(NC(=O)C1CCCC(C(F)(F)F)C1)c1ccc(Cl)c(F)c1. The highest BCUT2D eigenvalue weighted by atomic mass is 35.5. The van der Waals surface area contributed by atoms with Gasteiger partial charge in [-0.15, -0.1) is 0 Å². The van der Waals surface area contributed by atoms with E-state index in [0.717, 1.165) is 6.07 Å². The van der Waals surface area contributed by atoms with E-state index in [2.05, 4.69) is 5.32 Å². The molecule has 1 aliphatic rings. The molecule has 1 aliphatic carbocycles. The number of carbonyl (C=O) groups excluding carboxylic acids is 1. The highest BCUT2D eigenvalue weighted by Crippen LogP contribution is 2.40. The van der Waals surface area contributed by atoms with E-state index >= 15 is 0 Å². The average Bonchev–Trinajstić information content (AvgIpc) is 2.55. The molecule has 0 radical (unpaired) electrons. The fourth-order valence-electron chi connectivity index (χ4n) is 3.17. The largest absolute Gasteiger partial charge is 0.481 e. The first-order chi connectivity index (χ1) is 12.1. The van der Waals surface area contributed by atoms with Crippen molar-refractivity contribution >= 4 is 23.5 Å². The quantitative estimate of drug-likeness (QED) is 0.722. The third-order valence-electron chi connectivity index (χ3n) is 4.55. The number of alkyl halides is 3. The van der Waals surface area contributed by atoms with Gasteiger partial charge in [0.15, 0.2) is 0 Å². The highest BCUT2D eigenvalue weighted by molar-refractivity contribution is 6.30. The molecule has 1 aromatic carbocycles. The summed E-state index contributed by atoms with van der Waals surface area (Å²) >= 11 is 5.59. The van der Waals surface area contributed by atoms with Gasteiger partial charge in [0.05, 0.1) is 23.4 Å². The van der Waals surface area contributed by atoms with Crippen molar-refractivity contribution in [1.29, 1.82) is 0 Å². The van der Waals surface area contributed by atoms with Gasteiger partial charge < -0.3 is 10.4 Å². The van der Waals surface area contributed by atoms with Crippen LogP contribution in [-0.4, -0.2) is 23.2 Å². The van der Waals surface area contributed by atoms with Crippen molar-refractivity contribution in [3.05, 3.63) is 34.6 Å². The molecule has 1 amide bonds. The second-order valence-corrected chi connectivity index (χ2v) is 6.84. The minimum absolute atomic E-state index is 0.0196. The average molecular weight is 396 g/mol. The Hall–Kier alpha value is -1.83. The van der Waals surface area contributed by atoms with Gasteiger partial charge in [-0.3, -0.25) is 9.59 Å². The van der Waals surface area contributed by atoms with Gasteiger partial charge in [-0.2, -0.15) is 13.2 Å². The first-order valence-electron chi connectivity index (χ1n) is 8.11. The van der Waals surface area contributed by atoms with Gasteiger partial charge in [0.25, 0.3) is 0 Å². The van der Waals surface area contributed by atoms with Crippen LogP contribution in [0.25, 0.3) is 0 Å². The summed E-state index contributed by atoms with van der Waals surface area (Å²) in [6, 6.07) is 2.56. The normalized spacial score (nSPS) is 21.9. The van der Waals surface area contributed by atoms with Crippen molar-refractivity contribution < 1.29 is 32.3 Å². The number of benzene rings is 1. The Bertz CT molecular complexity index is 680. The summed E-state index contributed by atoms with van der Waals surface area (Å²) in [6.45, 7) is 0. The lowest BCUT2D eigenvalue weighted by Crippen LogP contribution is -2.39. The van der Waals surface area contributed by atoms with E-state index in [1.807, 2.05) is 0 Å². The third-order valence-corrected chi connectivity index (χ3v) is 4.86. The molecule has 0 spiro atoms. The fourth-order valence-corrected chi connectivity index (χ4v) is 3.29. The van der Waals surface area contributed by atoms with Gasteiger partial charge in [0, 0.05) is 5.92 Å². The number of aliphatic carboxylic acids is 1. The molecule has 2 rings (SSSR count). The molecule has 0 saturated heterocycles. The molecule has 3 unspecified atom stereocenters. The predicted molar refractivity (Wildman–Crippen MR) is 86.0 cm³/mol. The lowest BCUT2D eigenvalue weighted by atomic mass is 9.80. The van der Waals surface area contributed by atoms with Crippen LogP contribution < -0.4 is 5.32 Å². The molecule has 1 fully saturated rings. The summed E-state index contributed by atoms with van der Waals surface area (Å²) in [5.41, 5.74) is 0.186. The van der Waals surface area contributed by atoms with E-state index in [4.69, 9.17) is 16.7 Å². The summed E-state index contributed by atoms with van der Waals surface area (Å²) in [7, 11) is 0. The minimum Gasteiger partial charge on any atom is -0.481 e. The second kappa shape index (κ2) is 8.24. The van der Waals surface area contributed by atoms with Gasteiger partial charge in [-0.05, 0) is 37.0 Å². The number of hydrogen-bond acceptors (Lipinski definition) is 2. The van der Waals surface area contributed by atoms with Crippen LogP contribution in [0.15, 0.2) is 18.2 Å². The van der Waals surface area contributed by atoms with Gasteiger partial charge in [0.2, 0.25) is 5.91 Å². The minimum atomic E-state index is -4.36. The summed E-state index contributed by atoms with van der Waals surface area (Å²) in [4.78, 5) is 23.5. The zero-order chi connectivity index (χ0) is 19.5. The lowest BCUT2D eigenvalue weighted by molar-refractivity contribution is -0.186. The molecule has 1 aromatic rings. The molecule has 0 bridgehead atoms. The van der Waals surface area contributed by atoms with Crippen LogP contribution in [0.2, 0.25) is 5.02 Å². The molecule has 9 heteroatoms. The van der Waals surface area contributed by atoms with Crippen LogP contribution in [0.5, 0.6) is 0 Å². The molecule has 1 saturated carbocycles. The van der Waals surface area contributed by atoms with Gasteiger partial charge in [0.1, 0.15) is 5.82 Å². The first-order valence-corrected chi connectivity index (χ1v) is 8.49. The van der Waals surface area contributed by atoms with Gasteiger partial charge >= 0.3 is 12.1 Å². The smallest absolute Gasteiger partial charge is 0.391 e. The van der Waals surface area contributed by atoms with E-state index in [0.29, 0.717) is 6.42 Å². The molecular formula is C17H18ClF4NO3. The maximum atomic E-state index is 13.6. The molecule has 0 heterocycles. The Morgan fingerprint density at radius 1 is 1.31 bits per heavy atom. The molecule has 26 heavy (non-hydrogen) atoms. The Morgan fingerprint density at radius 3 is 2.58 bits per heavy atom. The molecule has 2 N–H and O–H groups in total. The van der Waals surface area contributed by atoms with Crippen LogP contribution in [0.1, 0.15) is 43.7 Å².